The minimum atomic E-state index is -0.449. The van der Waals surface area contributed by atoms with Crippen molar-refractivity contribution >= 4 is 5.91 Å². The number of rotatable bonds is 7. The highest BCUT2D eigenvalue weighted by Crippen LogP contribution is 2.48. The van der Waals surface area contributed by atoms with Crippen LogP contribution in [0.2, 0.25) is 0 Å². The average Bonchev–Trinajstić information content (AvgIpc) is 3.64. The molecule has 6 nitrogen and oxygen atoms in total. The van der Waals surface area contributed by atoms with Crippen LogP contribution < -0.4 is 11.1 Å². The maximum absolute atomic E-state index is 11.2. The van der Waals surface area contributed by atoms with E-state index in [-0.39, 0.29) is 5.41 Å². The van der Waals surface area contributed by atoms with E-state index in [0.29, 0.717) is 23.4 Å². The maximum atomic E-state index is 11.2. The fourth-order valence-corrected chi connectivity index (χ4v) is 3.78. The number of amides is 1. The van der Waals surface area contributed by atoms with Gasteiger partial charge in [0.15, 0.2) is 5.82 Å². The molecule has 5 rings (SSSR count). The lowest BCUT2D eigenvalue weighted by atomic mass is 10.1. The lowest BCUT2D eigenvalue weighted by molar-refractivity contribution is 0.100. The van der Waals surface area contributed by atoms with Crippen LogP contribution in [0.3, 0.4) is 0 Å². The Morgan fingerprint density at radius 1 is 1.14 bits per heavy atom. The molecule has 1 aromatic heterocycles. The van der Waals surface area contributed by atoms with Gasteiger partial charge in [-0.1, -0.05) is 35.5 Å². The molecule has 2 aromatic carbocycles. The molecule has 0 spiro atoms. The Labute approximate surface area is 163 Å². The zero-order valence-electron chi connectivity index (χ0n) is 15.5. The molecule has 3 aromatic rings. The van der Waals surface area contributed by atoms with Crippen molar-refractivity contribution in [1.29, 1.82) is 0 Å². The maximum Gasteiger partial charge on any atom is 0.257 e. The Morgan fingerprint density at radius 2 is 1.89 bits per heavy atom. The van der Waals surface area contributed by atoms with Gasteiger partial charge in [-0.3, -0.25) is 4.79 Å². The molecule has 2 fully saturated rings. The molecule has 0 radical (unpaired) electrons. The van der Waals surface area contributed by atoms with Gasteiger partial charge in [-0.2, -0.15) is 4.98 Å². The first kappa shape index (κ1) is 17.1. The van der Waals surface area contributed by atoms with Gasteiger partial charge in [-0.25, -0.2) is 0 Å². The first-order chi connectivity index (χ1) is 13.6. The van der Waals surface area contributed by atoms with E-state index in [0.717, 1.165) is 30.8 Å². The molecule has 2 atom stereocenters. The van der Waals surface area contributed by atoms with E-state index >= 15 is 0 Å². The fourth-order valence-electron chi connectivity index (χ4n) is 3.78. The molecule has 28 heavy (non-hydrogen) atoms. The van der Waals surface area contributed by atoms with Gasteiger partial charge in [0.2, 0.25) is 5.91 Å². The molecule has 0 saturated heterocycles. The number of aromatic nitrogens is 2. The van der Waals surface area contributed by atoms with Gasteiger partial charge in [0, 0.05) is 35.0 Å². The Hall–Kier alpha value is -2.99. The number of carbonyl (C=O) groups is 1. The van der Waals surface area contributed by atoms with Crippen molar-refractivity contribution in [2.45, 2.75) is 36.6 Å². The second kappa shape index (κ2) is 6.56. The lowest BCUT2D eigenvalue weighted by Gasteiger charge is -2.12. The number of benzene rings is 2. The molecule has 2 aliphatic rings. The minimum absolute atomic E-state index is 0.0151. The Bertz CT molecular complexity index is 993. The summed E-state index contributed by atoms with van der Waals surface area (Å²) in [4.78, 5) is 15.8. The molecule has 1 heterocycles. The highest BCUT2D eigenvalue weighted by atomic mass is 16.5. The van der Waals surface area contributed by atoms with Crippen LogP contribution in [0, 0.1) is 0 Å². The predicted molar refractivity (Wildman–Crippen MR) is 105 cm³/mol. The summed E-state index contributed by atoms with van der Waals surface area (Å²) in [5, 5.41) is 7.94. The molecule has 0 bridgehead atoms. The predicted octanol–water partition coefficient (Wildman–Crippen LogP) is 3.01. The smallest absolute Gasteiger partial charge is 0.257 e. The molecule has 2 aliphatic carbocycles. The van der Waals surface area contributed by atoms with Crippen LogP contribution in [0.25, 0.3) is 11.5 Å². The quantitative estimate of drug-likeness (QED) is 0.663. The lowest BCUT2D eigenvalue weighted by Crippen LogP contribution is -2.30. The first-order valence-corrected chi connectivity index (χ1v) is 9.67. The molecule has 2 unspecified atom stereocenters. The van der Waals surface area contributed by atoms with Gasteiger partial charge in [-0.05, 0) is 49.1 Å². The van der Waals surface area contributed by atoms with E-state index in [4.69, 9.17) is 10.3 Å². The number of nitrogens with zero attached hydrogens (tertiary/aromatic N) is 2. The van der Waals surface area contributed by atoms with Gasteiger partial charge in [0.1, 0.15) is 0 Å². The molecule has 3 N–H and O–H groups in total. The molecular formula is C22H22N4O2. The molecule has 2 saturated carbocycles. The summed E-state index contributed by atoms with van der Waals surface area (Å²) in [5.41, 5.74) is 7.93. The van der Waals surface area contributed by atoms with Crippen molar-refractivity contribution in [3.8, 4) is 11.5 Å². The van der Waals surface area contributed by atoms with Crippen LogP contribution in [0.5, 0.6) is 0 Å². The van der Waals surface area contributed by atoms with E-state index in [2.05, 4.69) is 45.8 Å². The van der Waals surface area contributed by atoms with Crippen molar-refractivity contribution in [3.63, 3.8) is 0 Å². The third-order valence-electron chi connectivity index (χ3n) is 5.89. The van der Waals surface area contributed by atoms with Crippen molar-refractivity contribution in [1.82, 2.24) is 15.5 Å². The van der Waals surface area contributed by atoms with Gasteiger partial charge < -0.3 is 15.6 Å². The molecular weight excluding hydrogens is 352 g/mol. The zero-order chi connectivity index (χ0) is 19.1. The molecule has 142 valence electrons. The standard InChI is InChI=1S/C22H22N4O2/c23-19(27)15-6-8-16(9-7-15)20-25-21(26-28-20)22(10-11-22)13-24-18-12-17(18)14-4-2-1-3-5-14/h1-9,17-18,24H,10-13H2,(H2,23,27). The SMILES string of the molecule is NC(=O)c1ccc(-c2nc(C3(CNC4CC4c4ccccc4)CC3)no2)cc1. The van der Waals surface area contributed by atoms with E-state index < -0.39 is 5.91 Å². The van der Waals surface area contributed by atoms with Crippen molar-refractivity contribution in [2.75, 3.05) is 6.54 Å². The highest BCUT2D eigenvalue weighted by molar-refractivity contribution is 5.93. The third kappa shape index (κ3) is 3.20. The Balaban J connectivity index is 1.24. The first-order valence-electron chi connectivity index (χ1n) is 9.67. The monoisotopic (exact) mass is 374 g/mol. The van der Waals surface area contributed by atoms with E-state index in [1.165, 1.54) is 12.0 Å². The van der Waals surface area contributed by atoms with Gasteiger partial charge in [0.05, 0.1) is 0 Å². The number of hydrogen-bond acceptors (Lipinski definition) is 5. The van der Waals surface area contributed by atoms with E-state index in [1.54, 1.807) is 24.3 Å². The summed E-state index contributed by atoms with van der Waals surface area (Å²) < 4.78 is 5.49. The van der Waals surface area contributed by atoms with Crippen molar-refractivity contribution in [2.24, 2.45) is 5.73 Å². The summed E-state index contributed by atoms with van der Waals surface area (Å²) in [6.07, 6.45) is 3.33. The van der Waals surface area contributed by atoms with Crippen molar-refractivity contribution in [3.05, 3.63) is 71.5 Å². The minimum Gasteiger partial charge on any atom is -0.366 e. The van der Waals surface area contributed by atoms with E-state index in [9.17, 15) is 4.79 Å². The zero-order valence-corrected chi connectivity index (χ0v) is 15.5. The van der Waals surface area contributed by atoms with Crippen LogP contribution in [0.4, 0.5) is 0 Å². The largest absolute Gasteiger partial charge is 0.366 e. The van der Waals surface area contributed by atoms with Gasteiger partial charge in [0.25, 0.3) is 5.89 Å². The normalized spacial score (nSPS) is 22.0. The van der Waals surface area contributed by atoms with Crippen LogP contribution >= 0.6 is 0 Å². The molecule has 1 amide bonds. The summed E-state index contributed by atoms with van der Waals surface area (Å²) in [5.74, 6) is 1.41. The van der Waals surface area contributed by atoms with Gasteiger partial charge >= 0.3 is 0 Å². The second-order valence-corrected chi connectivity index (χ2v) is 7.89. The van der Waals surface area contributed by atoms with Crippen LogP contribution in [0.1, 0.15) is 46.9 Å². The number of primary amides is 1. The summed E-state index contributed by atoms with van der Waals surface area (Å²) in [6.45, 7) is 0.876. The van der Waals surface area contributed by atoms with Crippen LogP contribution in [-0.2, 0) is 5.41 Å². The number of carbonyl (C=O) groups excluding carboxylic acids is 1. The number of hydrogen-bond donors (Lipinski definition) is 2. The molecule has 6 heteroatoms. The van der Waals surface area contributed by atoms with Crippen LogP contribution in [0.15, 0.2) is 59.1 Å². The number of nitrogens with one attached hydrogen (secondary N) is 1. The average molecular weight is 374 g/mol. The topological polar surface area (TPSA) is 94.0 Å². The summed E-state index contributed by atoms with van der Waals surface area (Å²) in [7, 11) is 0. The van der Waals surface area contributed by atoms with E-state index in [1.807, 2.05) is 0 Å². The second-order valence-electron chi connectivity index (χ2n) is 7.89. The van der Waals surface area contributed by atoms with Crippen LogP contribution in [-0.4, -0.2) is 28.6 Å². The third-order valence-corrected chi connectivity index (χ3v) is 5.89. The highest BCUT2D eigenvalue weighted by Gasteiger charge is 2.50. The Kier molecular flexibility index (Phi) is 4.02. The Morgan fingerprint density at radius 3 is 2.57 bits per heavy atom. The van der Waals surface area contributed by atoms with Gasteiger partial charge in [-0.15, -0.1) is 0 Å². The summed E-state index contributed by atoms with van der Waals surface area (Å²) in [6, 6.07) is 18.1. The number of nitrogens with two attached hydrogens (primary N) is 1. The summed E-state index contributed by atoms with van der Waals surface area (Å²) >= 11 is 0. The van der Waals surface area contributed by atoms with Crippen molar-refractivity contribution < 1.29 is 9.32 Å². The fraction of sp³-hybridized carbons (Fsp3) is 0.318. The molecule has 0 aliphatic heterocycles.